The van der Waals surface area contributed by atoms with Crippen LogP contribution in [0.2, 0.25) is 0 Å². The maximum Gasteiger partial charge on any atom is 0.254 e. The van der Waals surface area contributed by atoms with Crippen LogP contribution in [0.4, 0.5) is 11.5 Å². The SMILES string of the molecule is Cc1ccc(Nc2ccc(-c3cnc4cnccn34)c3c2C(=O)NC3)nc1. The number of hydrogen-bond acceptors (Lipinski definition) is 5. The summed E-state index contributed by atoms with van der Waals surface area (Å²) in [4.78, 5) is 25.4. The minimum atomic E-state index is -0.0862. The Hall–Kier alpha value is -3.74. The number of hydrogen-bond donors (Lipinski definition) is 2. The molecule has 27 heavy (non-hydrogen) atoms. The van der Waals surface area contributed by atoms with E-state index < -0.39 is 0 Å². The molecule has 4 aromatic rings. The van der Waals surface area contributed by atoms with Crippen LogP contribution in [0.5, 0.6) is 0 Å². The molecule has 1 aliphatic heterocycles. The molecule has 1 amide bonds. The number of amides is 1. The Balaban J connectivity index is 1.63. The lowest BCUT2D eigenvalue weighted by Gasteiger charge is -2.13. The summed E-state index contributed by atoms with van der Waals surface area (Å²) in [6.45, 7) is 2.47. The number of carbonyl (C=O) groups is 1. The smallest absolute Gasteiger partial charge is 0.254 e. The summed E-state index contributed by atoms with van der Waals surface area (Å²) in [5, 5.41) is 6.20. The highest BCUT2D eigenvalue weighted by Crippen LogP contribution is 2.35. The van der Waals surface area contributed by atoms with Gasteiger partial charge in [0, 0.05) is 30.7 Å². The predicted octanol–water partition coefficient (Wildman–Crippen LogP) is 3.09. The molecule has 5 rings (SSSR count). The van der Waals surface area contributed by atoms with Crippen LogP contribution in [0.15, 0.2) is 55.2 Å². The number of nitrogens with one attached hydrogen (secondary N) is 2. The van der Waals surface area contributed by atoms with Crippen LogP contribution >= 0.6 is 0 Å². The number of benzene rings is 1. The Morgan fingerprint density at radius 1 is 1.11 bits per heavy atom. The lowest BCUT2D eigenvalue weighted by molar-refractivity contribution is 0.0966. The Morgan fingerprint density at radius 3 is 2.89 bits per heavy atom. The number of carbonyl (C=O) groups excluding carboxylic acids is 1. The fourth-order valence-electron chi connectivity index (χ4n) is 3.41. The summed E-state index contributed by atoms with van der Waals surface area (Å²) in [6.07, 6.45) is 8.91. The summed E-state index contributed by atoms with van der Waals surface area (Å²) in [7, 11) is 0. The maximum absolute atomic E-state index is 12.5. The average molecular weight is 356 g/mol. The van der Waals surface area contributed by atoms with Crippen LogP contribution in [-0.2, 0) is 6.54 Å². The highest BCUT2D eigenvalue weighted by molar-refractivity contribution is 6.06. The normalized spacial score (nSPS) is 12.9. The Bertz CT molecular complexity index is 1180. The van der Waals surface area contributed by atoms with E-state index in [0.717, 1.165) is 33.7 Å². The molecular formula is C20H16N6O. The molecule has 7 heteroatoms. The first-order valence-electron chi connectivity index (χ1n) is 8.62. The number of nitrogens with zero attached hydrogens (tertiary/aromatic N) is 4. The van der Waals surface area contributed by atoms with Crippen LogP contribution in [0.25, 0.3) is 16.9 Å². The van der Waals surface area contributed by atoms with E-state index in [4.69, 9.17) is 0 Å². The highest BCUT2D eigenvalue weighted by Gasteiger charge is 2.27. The van der Waals surface area contributed by atoms with Gasteiger partial charge in [0.25, 0.3) is 5.91 Å². The zero-order valence-electron chi connectivity index (χ0n) is 14.6. The molecule has 0 aliphatic carbocycles. The zero-order valence-corrected chi connectivity index (χ0v) is 14.6. The standard InChI is InChI=1S/C20H16N6O/c1-12-2-5-17(22-8-12)25-15-4-3-13(14-9-24-20(27)19(14)15)16-10-23-18-11-21-6-7-26(16)18/h2-8,10-11H,9H2,1H3,(H,22,25)(H,24,27). The molecule has 1 aromatic carbocycles. The lowest BCUT2D eigenvalue weighted by atomic mass is 9.99. The molecule has 3 aromatic heterocycles. The Labute approximate surface area is 155 Å². The van der Waals surface area contributed by atoms with Gasteiger partial charge >= 0.3 is 0 Å². The van der Waals surface area contributed by atoms with Crippen molar-refractivity contribution in [2.24, 2.45) is 0 Å². The second-order valence-corrected chi connectivity index (χ2v) is 6.49. The first kappa shape index (κ1) is 15.5. The fourth-order valence-corrected chi connectivity index (χ4v) is 3.41. The minimum absolute atomic E-state index is 0.0862. The molecule has 0 bridgehead atoms. The minimum Gasteiger partial charge on any atom is -0.348 e. The van der Waals surface area contributed by atoms with E-state index in [1.165, 1.54) is 0 Å². The Kier molecular flexibility index (Phi) is 3.39. The van der Waals surface area contributed by atoms with Crippen LogP contribution in [0.1, 0.15) is 21.5 Å². The number of imidazole rings is 1. The molecule has 0 unspecified atom stereocenters. The van der Waals surface area contributed by atoms with Crippen molar-refractivity contribution in [2.75, 3.05) is 5.32 Å². The topological polar surface area (TPSA) is 84.2 Å². The van der Waals surface area contributed by atoms with Crippen molar-refractivity contribution in [3.63, 3.8) is 0 Å². The summed E-state index contributed by atoms with van der Waals surface area (Å²) in [5.74, 6) is 0.619. The summed E-state index contributed by atoms with van der Waals surface area (Å²) in [6, 6.07) is 7.82. The molecule has 2 N–H and O–H groups in total. The van der Waals surface area contributed by atoms with Gasteiger partial charge in [-0.15, -0.1) is 0 Å². The van der Waals surface area contributed by atoms with Crippen LogP contribution in [-0.4, -0.2) is 25.3 Å². The van der Waals surface area contributed by atoms with Crippen molar-refractivity contribution in [1.82, 2.24) is 24.7 Å². The third kappa shape index (κ3) is 2.52. The van der Waals surface area contributed by atoms with Crippen molar-refractivity contribution < 1.29 is 4.79 Å². The van der Waals surface area contributed by atoms with Gasteiger partial charge in [-0.3, -0.25) is 14.2 Å². The van der Waals surface area contributed by atoms with E-state index in [1.807, 2.05) is 48.0 Å². The molecule has 0 saturated carbocycles. The molecule has 132 valence electrons. The van der Waals surface area contributed by atoms with Crippen LogP contribution in [0.3, 0.4) is 0 Å². The van der Waals surface area contributed by atoms with Gasteiger partial charge in [-0.1, -0.05) is 12.1 Å². The number of rotatable bonds is 3. The van der Waals surface area contributed by atoms with Crippen LogP contribution < -0.4 is 10.6 Å². The van der Waals surface area contributed by atoms with Gasteiger partial charge in [-0.05, 0) is 30.2 Å². The lowest BCUT2D eigenvalue weighted by Crippen LogP contribution is -2.13. The van der Waals surface area contributed by atoms with Crippen molar-refractivity contribution >= 4 is 23.1 Å². The van der Waals surface area contributed by atoms with E-state index in [2.05, 4.69) is 25.6 Å². The van der Waals surface area contributed by atoms with E-state index in [1.54, 1.807) is 18.6 Å². The molecule has 0 atom stereocenters. The third-order valence-corrected chi connectivity index (χ3v) is 4.73. The summed E-state index contributed by atoms with van der Waals surface area (Å²) < 4.78 is 1.97. The second-order valence-electron chi connectivity index (χ2n) is 6.49. The van der Waals surface area contributed by atoms with Crippen molar-refractivity contribution in [1.29, 1.82) is 0 Å². The molecule has 1 aliphatic rings. The van der Waals surface area contributed by atoms with Crippen molar-refractivity contribution in [3.05, 3.63) is 71.9 Å². The van der Waals surface area contributed by atoms with E-state index in [0.29, 0.717) is 17.9 Å². The highest BCUT2D eigenvalue weighted by atomic mass is 16.1. The third-order valence-electron chi connectivity index (χ3n) is 4.73. The molecule has 0 radical (unpaired) electrons. The van der Waals surface area contributed by atoms with E-state index in [-0.39, 0.29) is 5.91 Å². The molecule has 4 heterocycles. The van der Waals surface area contributed by atoms with Crippen molar-refractivity contribution in [2.45, 2.75) is 13.5 Å². The summed E-state index contributed by atoms with van der Waals surface area (Å²) in [5.41, 5.74) is 6.11. The van der Waals surface area contributed by atoms with Gasteiger partial charge < -0.3 is 10.6 Å². The van der Waals surface area contributed by atoms with E-state index >= 15 is 0 Å². The summed E-state index contributed by atoms with van der Waals surface area (Å²) >= 11 is 0. The molecular weight excluding hydrogens is 340 g/mol. The fraction of sp³-hybridized carbons (Fsp3) is 0.100. The molecule has 0 fully saturated rings. The first-order chi connectivity index (χ1) is 13.2. The predicted molar refractivity (Wildman–Crippen MR) is 102 cm³/mol. The largest absolute Gasteiger partial charge is 0.348 e. The van der Waals surface area contributed by atoms with Gasteiger partial charge in [0.05, 0.1) is 29.3 Å². The zero-order chi connectivity index (χ0) is 18.4. The Morgan fingerprint density at radius 2 is 2.04 bits per heavy atom. The van der Waals surface area contributed by atoms with Crippen LogP contribution in [0, 0.1) is 6.92 Å². The van der Waals surface area contributed by atoms with Gasteiger partial charge in [-0.2, -0.15) is 0 Å². The van der Waals surface area contributed by atoms with Gasteiger partial charge in [0.15, 0.2) is 5.65 Å². The van der Waals surface area contributed by atoms with Gasteiger partial charge in [0.2, 0.25) is 0 Å². The second kappa shape index (κ2) is 5.91. The number of fused-ring (bicyclic) bond motifs is 2. The number of aryl methyl sites for hydroxylation is 1. The monoisotopic (exact) mass is 356 g/mol. The maximum atomic E-state index is 12.5. The quantitative estimate of drug-likeness (QED) is 0.589. The van der Waals surface area contributed by atoms with E-state index in [9.17, 15) is 4.79 Å². The number of anilines is 2. The number of aromatic nitrogens is 4. The molecule has 7 nitrogen and oxygen atoms in total. The van der Waals surface area contributed by atoms with Crippen molar-refractivity contribution in [3.8, 4) is 11.3 Å². The van der Waals surface area contributed by atoms with Gasteiger partial charge in [0.1, 0.15) is 5.82 Å². The number of pyridine rings is 1. The molecule has 0 spiro atoms. The van der Waals surface area contributed by atoms with Gasteiger partial charge in [-0.25, -0.2) is 9.97 Å². The average Bonchev–Trinajstić information content (AvgIpc) is 3.29. The first-order valence-corrected chi connectivity index (χ1v) is 8.62. The molecule has 0 saturated heterocycles.